The molecular formula is C21H20N4O. The number of benzene rings is 2. The summed E-state index contributed by atoms with van der Waals surface area (Å²) in [6.07, 6.45) is 1.98. The van der Waals surface area contributed by atoms with E-state index in [0.717, 1.165) is 35.1 Å². The molecule has 1 atom stereocenters. The van der Waals surface area contributed by atoms with Crippen molar-refractivity contribution in [2.24, 2.45) is 0 Å². The molecule has 0 radical (unpaired) electrons. The zero-order valence-electron chi connectivity index (χ0n) is 14.5. The van der Waals surface area contributed by atoms with Gasteiger partial charge in [-0.1, -0.05) is 36.4 Å². The molecule has 0 saturated heterocycles. The lowest BCUT2D eigenvalue weighted by Crippen LogP contribution is -2.20. The number of ether oxygens (including phenoxy) is 1. The van der Waals surface area contributed by atoms with E-state index in [1.807, 2.05) is 71.3 Å². The van der Waals surface area contributed by atoms with Gasteiger partial charge in [-0.3, -0.25) is 4.40 Å². The van der Waals surface area contributed by atoms with Crippen LogP contribution < -0.4 is 10.1 Å². The summed E-state index contributed by atoms with van der Waals surface area (Å²) in [5.74, 6) is 2.56. The van der Waals surface area contributed by atoms with Crippen molar-refractivity contribution in [1.82, 2.24) is 19.9 Å². The Bertz CT molecular complexity index is 997. The summed E-state index contributed by atoms with van der Waals surface area (Å²) in [6, 6.07) is 23.9. The largest absolute Gasteiger partial charge is 0.457 e. The third kappa shape index (κ3) is 3.58. The van der Waals surface area contributed by atoms with Gasteiger partial charge in [-0.05, 0) is 48.9 Å². The van der Waals surface area contributed by atoms with Gasteiger partial charge in [-0.15, -0.1) is 10.2 Å². The number of hydrogen-bond donors (Lipinski definition) is 1. The third-order valence-corrected chi connectivity index (χ3v) is 4.22. The summed E-state index contributed by atoms with van der Waals surface area (Å²) >= 11 is 0. The van der Waals surface area contributed by atoms with Gasteiger partial charge in [0.1, 0.15) is 11.5 Å². The zero-order chi connectivity index (χ0) is 17.8. The summed E-state index contributed by atoms with van der Waals surface area (Å²) < 4.78 is 7.91. The number of nitrogens with zero attached hydrogens (tertiary/aromatic N) is 3. The molecule has 1 unspecified atom stereocenters. The monoisotopic (exact) mass is 344 g/mol. The molecule has 0 amide bonds. The summed E-state index contributed by atoms with van der Waals surface area (Å²) in [7, 11) is 0. The smallest absolute Gasteiger partial charge is 0.160 e. The van der Waals surface area contributed by atoms with E-state index in [1.165, 1.54) is 0 Å². The van der Waals surface area contributed by atoms with Crippen molar-refractivity contribution in [3.05, 3.63) is 90.4 Å². The van der Waals surface area contributed by atoms with Crippen molar-refractivity contribution in [3.8, 4) is 11.5 Å². The standard InChI is InChI=1S/C21H20N4O/c1-16(21-24-23-20-12-5-6-13-25(20)21)22-15-17-8-7-11-19(14-17)26-18-9-3-2-4-10-18/h2-14,16,22H,15H2,1H3. The molecule has 2 heterocycles. The summed E-state index contributed by atoms with van der Waals surface area (Å²) in [4.78, 5) is 0. The van der Waals surface area contributed by atoms with Crippen LogP contribution in [0.4, 0.5) is 0 Å². The lowest BCUT2D eigenvalue weighted by molar-refractivity contribution is 0.480. The van der Waals surface area contributed by atoms with Crippen molar-refractivity contribution < 1.29 is 4.74 Å². The van der Waals surface area contributed by atoms with E-state index in [2.05, 4.69) is 34.6 Å². The molecule has 0 bridgehead atoms. The van der Waals surface area contributed by atoms with Gasteiger partial charge < -0.3 is 10.1 Å². The number of nitrogens with one attached hydrogen (secondary N) is 1. The van der Waals surface area contributed by atoms with Gasteiger partial charge in [0.15, 0.2) is 11.5 Å². The molecule has 4 rings (SSSR count). The second-order valence-corrected chi connectivity index (χ2v) is 6.15. The molecule has 0 aliphatic carbocycles. The van der Waals surface area contributed by atoms with E-state index in [0.29, 0.717) is 0 Å². The number of hydrogen-bond acceptors (Lipinski definition) is 4. The molecule has 1 N–H and O–H groups in total. The minimum absolute atomic E-state index is 0.0751. The van der Waals surface area contributed by atoms with Crippen LogP contribution in [0.3, 0.4) is 0 Å². The predicted molar refractivity (Wildman–Crippen MR) is 101 cm³/mol. The van der Waals surface area contributed by atoms with Crippen molar-refractivity contribution in [1.29, 1.82) is 0 Å². The predicted octanol–water partition coefficient (Wildman–Crippen LogP) is 4.37. The molecule has 130 valence electrons. The Hall–Kier alpha value is -3.18. The molecular weight excluding hydrogens is 324 g/mol. The van der Waals surface area contributed by atoms with E-state index < -0.39 is 0 Å². The van der Waals surface area contributed by atoms with Crippen LogP contribution in [0.15, 0.2) is 79.0 Å². The second kappa shape index (κ2) is 7.37. The molecule has 0 saturated carbocycles. The Kier molecular flexibility index (Phi) is 4.62. The van der Waals surface area contributed by atoms with Crippen LogP contribution in [0.5, 0.6) is 11.5 Å². The normalized spacial score (nSPS) is 12.2. The van der Waals surface area contributed by atoms with E-state index >= 15 is 0 Å². The summed E-state index contributed by atoms with van der Waals surface area (Å²) in [5, 5.41) is 12.0. The fraction of sp³-hybridized carbons (Fsp3) is 0.143. The van der Waals surface area contributed by atoms with E-state index in [9.17, 15) is 0 Å². The maximum absolute atomic E-state index is 5.90. The fourth-order valence-electron chi connectivity index (χ4n) is 2.86. The van der Waals surface area contributed by atoms with Gasteiger partial charge in [-0.2, -0.15) is 0 Å². The number of pyridine rings is 1. The fourth-order valence-corrected chi connectivity index (χ4v) is 2.86. The van der Waals surface area contributed by atoms with Gasteiger partial charge in [0.2, 0.25) is 0 Å². The van der Waals surface area contributed by atoms with Crippen LogP contribution in [0, 0.1) is 0 Å². The Labute approximate surface area is 152 Å². The maximum atomic E-state index is 5.90. The topological polar surface area (TPSA) is 51.5 Å². The molecule has 0 aliphatic heterocycles. The lowest BCUT2D eigenvalue weighted by Gasteiger charge is -2.13. The summed E-state index contributed by atoms with van der Waals surface area (Å²) in [5.41, 5.74) is 2.01. The third-order valence-electron chi connectivity index (χ3n) is 4.22. The van der Waals surface area contributed by atoms with Crippen molar-refractivity contribution in [2.45, 2.75) is 19.5 Å². The molecule has 0 fully saturated rings. The molecule has 2 aromatic carbocycles. The van der Waals surface area contributed by atoms with Crippen molar-refractivity contribution in [3.63, 3.8) is 0 Å². The molecule has 4 aromatic rings. The molecule has 5 heteroatoms. The first-order valence-electron chi connectivity index (χ1n) is 8.64. The Morgan fingerprint density at radius 2 is 1.73 bits per heavy atom. The van der Waals surface area contributed by atoms with Crippen LogP contribution >= 0.6 is 0 Å². The van der Waals surface area contributed by atoms with Crippen molar-refractivity contribution in [2.75, 3.05) is 0 Å². The van der Waals surface area contributed by atoms with E-state index in [-0.39, 0.29) is 6.04 Å². The molecule has 0 spiro atoms. The van der Waals surface area contributed by atoms with Gasteiger partial charge in [-0.25, -0.2) is 0 Å². The average molecular weight is 344 g/mol. The minimum atomic E-state index is 0.0751. The molecule has 0 aliphatic rings. The van der Waals surface area contributed by atoms with Crippen molar-refractivity contribution >= 4 is 5.65 Å². The lowest BCUT2D eigenvalue weighted by atomic mass is 10.2. The highest BCUT2D eigenvalue weighted by atomic mass is 16.5. The first kappa shape index (κ1) is 16.3. The summed E-state index contributed by atoms with van der Waals surface area (Å²) in [6.45, 7) is 2.81. The van der Waals surface area contributed by atoms with Gasteiger partial charge >= 0.3 is 0 Å². The molecule has 26 heavy (non-hydrogen) atoms. The quantitative estimate of drug-likeness (QED) is 0.564. The number of aromatic nitrogens is 3. The number of rotatable bonds is 6. The average Bonchev–Trinajstić information content (AvgIpc) is 3.11. The highest BCUT2D eigenvalue weighted by Gasteiger charge is 2.12. The first-order valence-corrected chi connectivity index (χ1v) is 8.64. The van der Waals surface area contributed by atoms with Gasteiger partial charge in [0.25, 0.3) is 0 Å². The zero-order valence-corrected chi connectivity index (χ0v) is 14.5. The Morgan fingerprint density at radius 1 is 0.923 bits per heavy atom. The number of para-hydroxylation sites is 1. The highest BCUT2D eigenvalue weighted by molar-refractivity contribution is 5.37. The van der Waals surface area contributed by atoms with E-state index in [4.69, 9.17) is 4.74 Å². The second-order valence-electron chi connectivity index (χ2n) is 6.15. The minimum Gasteiger partial charge on any atom is -0.457 e. The Morgan fingerprint density at radius 3 is 2.62 bits per heavy atom. The van der Waals surface area contributed by atoms with E-state index in [1.54, 1.807) is 0 Å². The van der Waals surface area contributed by atoms with Crippen LogP contribution in [0.1, 0.15) is 24.4 Å². The maximum Gasteiger partial charge on any atom is 0.160 e. The Balaban J connectivity index is 1.43. The number of fused-ring (bicyclic) bond motifs is 1. The van der Waals surface area contributed by atoms with Gasteiger partial charge in [0.05, 0.1) is 6.04 Å². The van der Waals surface area contributed by atoms with Gasteiger partial charge in [0, 0.05) is 12.7 Å². The van der Waals surface area contributed by atoms with Crippen LogP contribution in [0.2, 0.25) is 0 Å². The van der Waals surface area contributed by atoms with Crippen LogP contribution in [-0.2, 0) is 6.54 Å². The molecule has 2 aromatic heterocycles. The SMILES string of the molecule is CC(NCc1cccc(Oc2ccccc2)c1)c1nnc2ccccn12. The van der Waals surface area contributed by atoms with Crippen LogP contribution in [0.25, 0.3) is 5.65 Å². The van der Waals surface area contributed by atoms with Crippen LogP contribution in [-0.4, -0.2) is 14.6 Å². The highest BCUT2D eigenvalue weighted by Crippen LogP contribution is 2.22. The molecule has 5 nitrogen and oxygen atoms in total. The first-order chi connectivity index (χ1) is 12.8.